The highest BCUT2D eigenvalue weighted by molar-refractivity contribution is 5.94. The van der Waals surface area contributed by atoms with Crippen molar-refractivity contribution in [1.82, 2.24) is 15.0 Å². The number of halogens is 4. The molecule has 1 aromatic carbocycles. The zero-order chi connectivity index (χ0) is 27.2. The lowest BCUT2D eigenvalue weighted by atomic mass is 9.81. The van der Waals surface area contributed by atoms with Gasteiger partial charge >= 0.3 is 6.18 Å². The predicted molar refractivity (Wildman–Crippen MR) is 122 cm³/mol. The van der Waals surface area contributed by atoms with Crippen LogP contribution in [-0.2, 0) is 22.0 Å². The van der Waals surface area contributed by atoms with Crippen molar-refractivity contribution in [3.8, 4) is 17.0 Å². The van der Waals surface area contributed by atoms with Gasteiger partial charge in [-0.2, -0.15) is 13.2 Å². The van der Waals surface area contributed by atoms with Crippen molar-refractivity contribution in [3.63, 3.8) is 0 Å². The zero-order valence-corrected chi connectivity index (χ0v) is 19.8. The van der Waals surface area contributed by atoms with Gasteiger partial charge in [0.05, 0.1) is 5.69 Å². The molecule has 2 aromatic heterocycles. The third kappa shape index (κ3) is 5.01. The Hall–Kier alpha value is -3.93. The summed E-state index contributed by atoms with van der Waals surface area (Å²) in [6, 6.07) is 7.85. The minimum atomic E-state index is -4.82. The second-order valence-corrected chi connectivity index (χ2v) is 9.18. The monoisotopic (exact) mass is 518 g/mol. The Balaban J connectivity index is 1.69. The van der Waals surface area contributed by atoms with E-state index in [4.69, 9.17) is 10.5 Å². The molecule has 0 saturated heterocycles. The summed E-state index contributed by atoms with van der Waals surface area (Å²) < 4.78 is 58.0. The van der Waals surface area contributed by atoms with Crippen LogP contribution in [0.4, 0.5) is 17.6 Å². The molecule has 0 spiro atoms. The molecule has 0 saturated carbocycles. The van der Waals surface area contributed by atoms with Gasteiger partial charge in [0.1, 0.15) is 40.6 Å². The molecule has 1 aliphatic heterocycles. The van der Waals surface area contributed by atoms with Crippen molar-refractivity contribution < 1.29 is 37.0 Å². The van der Waals surface area contributed by atoms with E-state index in [0.29, 0.717) is 11.1 Å². The van der Waals surface area contributed by atoms with Crippen LogP contribution in [0.1, 0.15) is 54.3 Å². The lowest BCUT2D eigenvalue weighted by Gasteiger charge is -2.26. The first-order valence-electron chi connectivity index (χ1n) is 11.1. The fourth-order valence-electron chi connectivity index (χ4n) is 3.93. The van der Waals surface area contributed by atoms with Crippen molar-refractivity contribution in [2.75, 3.05) is 6.61 Å². The van der Waals surface area contributed by atoms with Crippen molar-refractivity contribution in [2.24, 2.45) is 5.73 Å². The maximum atomic E-state index is 13.5. The molecule has 37 heavy (non-hydrogen) atoms. The van der Waals surface area contributed by atoms with E-state index in [2.05, 4.69) is 15.0 Å². The Bertz CT molecular complexity index is 1380. The van der Waals surface area contributed by atoms with Crippen molar-refractivity contribution in [2.45, 2.75) is 43.9 Å². The molecule has 12 heteroatoms. The number of benzene rings is 1. The van der Waals surface area contributed by atoms with Gasteiger partial charge in [0.2, 0.25) is 11.7 Å². The Morgan fingerprint density at radius 1 is 1.16 bits per heavy atom. The molecule has 1 amide bonds. The summed E-state index contributed by atoms with van der Waals surface area (Å²) >= 11 is 0. The summed E-state index contributed by atoms with van der Waals surface area (Å²) in [5, 5.41) is 11.3. The van der Waals surface area contributed by atoms with Gasteiger partial charge in [-0.05, 0) is 56.7 Å². The maximum absolute atomic E-state index is 13.5. The van der Waals surface area contributed by atoms with Gasteiger partial charge in [-0.1, -0.05) is 0 Å². The molecular weight excluding hydrogens is 496 g/mol. The Morgan fingerprint density at radius 3 is 2.46 bits per heavy atom. The van der Waals surface area contributed by atoms with Gasteiger partial charge in [-0.15, -0.1) is 0 Å². The van der Waals surface area contributed by atoms with Gasteiger partial charge in [0.15, 0.2) is 5.78 Å². The molecule has 4 rings (SSSR count). The number of pyridine rings is 1. The van der Waals surface area contributed by atoms with E-state index in [9.17, 15) is 32.3 Å². The molecule has 3 heterocycles. The predicted octanol–water partition coefficient (Wildman–Crippen LogP) is 3.70. The fraction of sp³-hybridized carbons (Fsp3) is 0.320. The molecule has 1 aliphatic rings. The van der Waals surface area contributed by atoms with Crippen LogP contribution in [0, 0.1) is 5.82 Å². The van der Waals surface area contributed by atoms with Crippen LogP contribution in [0.25, 0.3) is 11.3 Å². The van der Waals surface area contributed by atoms with Gasteiger partial charge in [-0.3, -0.25) is 9.59 Å². The number of carbonyl (C=O) groups excluding carboxylic acids is 2. The molecule has 0 unspecified atom stereocenters. The summed E-state index contributed by atoms with van der Waals surface area (Å²) in [4.78, 5) is 35.8. The Morgan fingerprint density at radius 2 is 1.84 bits per heavy atom. The van der Waals surface area contributed by atoms with Crippen molar-refractivity contribution in [1.29, 1.82) is 0 Å². The van der Waals surface area contributed by atoms with Gasteiger partial charge < -0.3 is 15.6 Å². The minimum absolute atomic E-state index is 0.0648. The van der Waals surface area contributed by atoms with E-state index < -0.39 is 46.2 Å². The van der Waals surface area contributed by atoms with Crippen LogP contribution < -0.4 is 10.5 Å². The number of nitrogens with zero attached hydrogens (tertiary/aromatic N) is 3. The lowest BCUT2D eigenvalue weighted by molar-refractivity contribution is -0.145. The molecular formula is C25H22F4N4O4. The quantitative estimate of drug-likeness (QED) is 0.361. The van der Waals surface area contributed by atoms with Gasteiger partial charge in [0, 0.05) is 23.7 Å². The van der Waals surface area contributed by atoms with E-state index in [1.807, 2.05) is 0 Å². The average molecular weight is 518 g/mol. The number of aliphatic hydroxyl groups is 1. The third-order valence-electron chi connectivity index (χ3n) is 6.32. The number of carbonyl (C=O) groups is 2. The summed E-state index contributed by atoms with van der Waals surface area (Å²) in [5.74, 6) is -3.08. The summed E-state index contributed by atoms with van der Waals surface area (Å²) in [6.45, 7) is 2.87. The van der Waals surface area contributed by atoms with E-state index in [1.54, 1.807) is 6.92 Å². The number of ketones is 1. The van der Waals surface area contributed by atoms with Crippen LogP contribution in [0.3, 0.4) is 0 Å². The lowest BCUT2D eigenvalue weighted by Crippen LogP contribution is -2.40. The smallest absolute Gasteiger partial charge is 0.451 e. The number of nitrogens with two attached hydrogens (primary N) is 1. The minimum Gasteiger partial charge on any atom is -0.489 e. The molecule has 0 radical (unpaired) electrons. The molecule has 0 aliphatic carbocycles. The molecule has 194 valence electrons. The van der Waals surface area contributed by atoms with Crippen molar-refractivity contribution >= 4 is 11.7 Å². The summed E-state index contributed by atoms with van der Waals surface area (Å²) in [7, 11) is 0. The highest BCUT2D eigenvalue weighted by Gasteiger charge is 2.45. The number of primary amides is 1. The summed E-state index contributed by atoms with van der Waals surface area (Å²) in [6.07, 6.45) is -4.58. The van der Waals surface area contributed by atoms with Crippen LogP contribution in [0.5, 0.6) is 5.75 Å². The second kappa shape index (κ2) is 9.18. The first-order chi connectivity index (χ1) is 17.2. The molecule has 3 aromatic rings. The highest BCUT2D eigenvalue weighted by Crippen LogP contribution is 2.46. The number of hydrogen-bond donors (Lipinski definition) is 2. The fourth-order valence-corrected chi connectivity index (χ4v) is 3.93. The van der Waals surface area contributed by atoms with Crippen molar-refractivity contribution in [3.05, 3.63) is 71.2 Å². The zero-order valence-electron chi connectivity index (χ0n) is 19.8. The standard InChI is InChI=1S/C25H22F4N4O4/c1-23(21(30)35)12-37-20-15(23)11-18(33-19(20)13-3-5-14(26)6-4-13)24(2,36)9-7-17(34)16-8-10-31-22(32-16)25(27,28)29/h3-6,8,10-11,36H,7,9,12H2,1-2H3,(H2,30,35)/t23-,24-/m0/s1. The second-order valence-electron chi connectivity index (χ2n) is 9.18. The topological polar surface area (TPSA) is 128 Å². The largest absolute Gasteiger partial charge is 0.489 e. The van der Waals surface area contributed by atoms with Gasteiger partial charge in [0.25, 0.3) is 0 Å². The van der Waals surface area contributed by atoms with E-state index in [-0.39, 0.29) is 36.6 Å². The van der Waals surface area contributed by atoms with E-state index >= 15 is 0 Å². The van der Waals surface area contributed by atoms with E-state index in [1.165, 1.54) is 37.3 Å². The summed E-state index contributed by atoms with van der Waals surface area (Å²) in [5.41, 5.74) is 3.28. The number of rotatable bonds is 7. The molecule has 3 N–H and O–H groups in total. The van der Waals surface area contributed by atoms with Crippen LogP contribution >= 0.6 is 0 Å². The first kappa shape index (κ1) is 26.1. The molecule has 0 fully saturated rings. The van der Waals surface area contributed by atoms with Crippen LogP contribution in [-0.4, -0.2) is 38.4 Å². The average Bonchev–Trinajstić information content (AvgIpc) is 3.20. The number of ether oxygens (including phenoxy) is 1. The first-order valence-corrected chi connectivity index (χ1v) is 11.1. The molecule has 0 bridgehead atoms. The highest BCUT2D eigenvalue weighted by atomic mass is 19.4. The normalized spacial score (nSPS) is 18.6. The number of Topliss-reactive ketones (excluding diaryl/α,β-unsaturated/α-hetero) is 1. The third-order valence-corrected chi connectivity index (χ3v) is 6.32. The SMILES string of the molecule is C[C@](O)(CCC(=O)c1ccnc(C(F)(F)F)n1)c1cc2c(c(-c3ccc(F)cc3)n1)OC[C@]2(C)C(N)=O. The van der Waals surface area contributed by atoms with E-state index in [0.717, 1.165) is 12.3 Å². The number of aromatic nitrogens is 3. The number of amides is 1. The number of alkyl halides is 3. The Labute approximate surface area is 208 Å². The Kier molecular flexibility index (Phi) is 6.49. The maximum Gasteiger partial charge on any atom is 0.451 e. The molecule has 8 nitrogen and oxygen atoms in total. The van der Waals surface area contributed by atoms with Gasteiger partial charge in [-0.25, -0.2) is 19.3 Å². The number of hydrogen-bond acceptors (Lipinski definition) is 7. The van der Waals surface area contributed by atoms with Crippen LogP contribution in [0.15, 0.2) is 42.6 Å². The molecule has 2 atom stereocenters. The number of fused-ring (bicyclic) bond motifs is 1. The van der Waals surface area contributed by atoms with Crippen LogP contribution in [0.2, 0.25) is 0 Å².